The van der Waals surface area contributed by atoms with Crippen LogP contribution in [0.1, 0.15) is 24.0 Å². The third kappa shape index (κ3) is 6.08. The summed E-state index contributed by atoms with van der Waals surface area (Å²) in [6.45, 7) is 1.79. The number of carbonyl (C=O) groups is 2. The molecule has 0 radical (unpaired) electrons. The highest BCUT2D eigenvalue weighted by Gasteiger charge is 2.28. The van der Waals surface area contributed by atoms with Crippen molar-refractivity contribution >= 4 is 19.5 Å². The number of hydrogen-bond donors (Lipinski definition) is 4. The van der Waals surface area contributed by atoms with Crippen LogP contribution >= 0.6 is 7.52 Å². The van der Waals surface area contributed by atoms with Gasteiger partial charge in [-0.1, -0.05) is 24.3 Å². The van der Waals surface area contributed by atoms with Gasteiger partial charge in [0.05, 0.1) is 6.16 Å². The quantitative estimate of drug-likeness (QED) is 0.537. The van der Waals surface area contributed by atoms with Crippen LogP contribution < -0.4 is 5.09 Å². The van der Waals surface area contributed by atoms with Crippen molar-refractivity contribution in [3.8, 4) is 0 Å². The summed E-state index contributed by atoms with van der Waals surface area (Å²) >= 11 is 0. The third-order valence-corrected chi connectivity index (χ3v) is 4.43. The Morgan fingerprint density at radius 3 is 2.43 bits per heavy atom. The van der Waals surface area contributed by atoms with Crippen molar-refractivity contribution in [2.75, 3.05) is 0 Å². The first-order valence-electron chi connectivity index (χ1n) is 6.30. The smallest absolute Gasteiger partial charge is 0.321 e. The van der Waals surface area contributed by atoms with Gasteiger partial charge in [-0.3, -0.25) is 14.2 Å². The van der Waals surface area contributed by atoms with Crippen molar-refractivity contribution in [2.45, 2.75) is 32.0 Å². The van der Waals surface area contributed by atoms with Gasteiger partial charge in [-0.05, 0) is 24.5 Å². The Morgan fingerprint density at radius 1 is 1.29 bits per heavy atom. The van der Waals surface area contributed by atoms with Gasteiger partial charge in [-0.2, -0.15) is 0 Å². The highest BCUT2D eigenvalue weighted by atomic mass is 31.2. The summed E-state index contributed by atoms with van der Waals surface area (Å²) in [6, 6.07) is 5.62. The molecule has 0 saturated heterocycles. The first-order chi connectivity index (χ1) is 9.71. The number of rotatable bonds is 8. The molecule has 8 heteroatoms. The van der Waals surface area contributed by atoms with Crippen molar-refractivity contribution in [1.82, 2.24) is 5.09 Å². The average molecular weight is 315 g/mol. The van der Waals surface area contributed by atoms with E-state index in [1.54, 1.807) is 31.2 Å². The Kier molecular flexibility index (Phi) is 6.08. The Labute approximate surface area is 122 Å². The number of aryl methyl sites for hydroxylation is 1. The number of carboxylic acid groups (broad SMARTS) is 2. The Morgan fingerprint density at radius 2 is 1.90 bits per heavy atom. The van der Waals surface area contributed by atoms with E-state index in [4.69, 9.17) is 10.2 Å². The molecule has 0 aromatic heterocycles. The van der Waals surface area contributed by atoms with Gasteiger partial charge in [-0.15, -0.1) is 0 Å². The molecule has 0 aliphatic heterocycles. The fourth-order valence-corrected chi connectivity index (χ4v) is 3.45. The lowest BCUT2D eigenvalue weighted by molar-refractivity contribution is -0.140. The molecule has 0 spiro atoms. The van der Waals surface area contributed by atoms with Gasteiger partial charge < -0.3 is 15.1 Å². The van der Waals surface area contributed by atoms with Gasteiger partial charge >= 0.3 is 11.9 Å². The molecule has 1 rings (SSSR count). The van der Waals surface area contributed by atoms with E-state index in [0.717, 1.165) is 5.56 Å². The SMILES string of the molecule is Cc1ccccc1CP(=O)(O)NC(CCC(=O)O)C(=O)O. The number of aliphatic carboxylic acids is 2. The van der Waals surface area contributed by atoms with E-state index in [1.165, 1.54) is 0 Å². The van der Waals surface area contributed by atoms with Crippen LogP contribution in [0.25, 0.3) is 0 Å². The summed E-state index contributed by atoms with van der Waals surface area (Å²) in [4.78, 5) is 31.4. The summed E-state index contributed by atoms with van der Waals surface area (Å²) in [5, 5.41) is 19.7. The maximum Gasteiger partial charge on any atom is 0.321 e. The standard InChI is InChI=1S/C13H18NO6P/c1-9-4-2-3-5-10(9)8-21(19,20)14-11(13(17)18)6-7-12(15)16/h2-5,11H,6-8H2,1H3,(H,15,16)(H,17,18)(H2,14,19,20). The molecule has 0 saturated carbocycles. The molecule has 1 aromatic rings. The van der Waals surface area contributed by atoms with E-state index in [1.807, 2.05) is 0 Å². The molecule has 2 atom stereocenters. The Bertz CT molecular complexity index is 574. The predicted octanol–water partition coefficient (Wildman–Crippen LogP) is 1.59. The van der Waals surface area contributed by atoms with E-state index >= 15 is 0 Å². The molecule has 1 aromatic carbocycles. The van der Waals surface area contributed by atoms with Gasteiger partial charge in [-0.25, -0.2) is 5.09 Å². The maximum atomic E-state index is 12.1. The minimum atomic E-state index is -3.94. The molecule has 0 aliphatic carbocycles. The van der Waals surface area contributed by atoms with Crippen LogP contribution in [0.2, 0.25) is 0 Å². The summed E-state index contributed by atoms with van der Waals surface area (Å²) in [6.07, 6.45) is -0.867. The molecular weight excluding hydrogens is 297 g/mol. The fraction of sp³-hybridized carbons (Fsp3) is 0.385. The van der Waals surface area contributed by atoms with Crippen molar-refractivity contribution in [3.63, 3.8) is 0 Å². The third-order valence-electron chi connectivity index (χ3n) is 2.95. The molecule has 116 valence electrons. The number of benzene rings is 1. The maximum absolute atomic E-state index is 12.1. The van der Waals surface area contributed by atoms with Crippen LogP contribution in [0, 0.1) is 6.92 Å². The fourth-order valence-electron chi connectivity index (χ4n) is 1.82. The van der Waals surface area contributed by atoms with E-state index in [0.29, 0.717) is 5.56 Å². The van der Waals surface area contributed by atoms with E-state index in [-0.39, 0.29) is 12.6 Å². The molecule has 2 unspecified atom stereocenters. The summed E-state index contributed by atoms with van der Waals surface area (Å²) in [5.41, 5.74) is 1.46. The Hall–Kier alpha value is -1.69. The van der Waals surface area contributed by atoms with Gasteiger partial charge in [0.25, 0.3) is 7.52 Å². The second-order valence-corrected chi connectivity index (χ2v) is 6.72. The predicted molar refractivity (Wildman–Crippen MR) is 76.1 cm³/mol. The molecule has 21 heavy (non-hydrogen) atoms. The van der Waals surface area contributed by atoms with Gasteiger partial charge in [0.1, 0.15) is 6.04 Å². The highest BCUT2D eigenvalue weighted by molar-refractivity contribution is 7.55. The van der Waals surface area contributed by atoms with Crippen LogP contribution in [0.4, 0.5) is 0 Å². The van der Waals surface area contributed by atoms with Gasteiger partial charge in [0.15, 0.2) is 0 Å². The molecule has 0 heterocycles. The van der Waals surface area contributed by atoms with Gasteiger partial charge in [0, 0.05) is 6.42 Å². The lowest BCUT2D eigenvalue weighted by atomic mass is 10.1. The van der Waals surface area contributed by atoms with E-state index in [2.05, 4.69) is 5.09 Å². The first-order valence-corrected chi connectivity index (χ1v) is 8.14. The number of nitrogens with one attached hydrogen (secondary N) is 1. The van der Waals surface area contributed by atoms with Crippen LogP contribution in [-0.4, -0.2) is 33.1 Å². The van der Waals surface area contributed by atoms with E-state index < -0.39 is 31.9 Å². The zero-order valence-electron chi connectivity index (χ0n) is 11.5. The first kappa shape index (κ1) is 17.4. The molecule has 4 N–H and O–H groups in total. The van der Waals surface area contributed by atoms with Crippen LogP contribution in [0.5, 0.6) is 0 Å². The van der Waals surface area contributed by atoms with Crippen LogP contribution in [-0.2, 0) is 20.3 Å². The summed E-state index contributed by atoms with van der Waals surface area (Å²) in [5.74, 6) is -2.51. The average Bonchev–Trinajstić information content (AvgIpc) is 2.36. The highest BCUT2D eigenvalue weighted by Crippen LogP contribution is 2.41. The van der Waals surface area contributed by atoms with Crippen molar-refractivity contribution < 1.29 is 29.3 Å². The molecule has 0 amide bonds. The van der Waals surface area contributed by atoms with E-state index in [9.17, 15) is 19.0 Å². The lowest BCUT2D eigenvalue weighted by Crippen LogP contribution is -2.35. The Balaban J connectivity index is 2.76. The minimum Gasteiger partial charge on any atom is -0.481 e. The van der Waals surface area contributed by atoms with Crippen LogP contribution in [0.15, 0.2) is 24.3 Å². The summed E-state index contributed by atoms with van der Waals surface area (Å²) in [7, 11) is -3.94. The lowest BCUT2D eigenvalue weighted by Gasteiger charge is -2.19. The second-order valence-electron chi connectivity index (χ2n) is 4.74. The molecule has 0 bridgehead atoms. The molecule has 0 aliphatic rings. The largest absolute Gasteiger partial charge is 0.481 e. The van der Waals surface area contributed by atoms with Crippen LogP contribution in [0.3, 0.4) is 0 Å². The number of hydrogen-bond acceptors (Lipinski definition) is 3. The molecule has 7 nitrogen and oxygen atoms in total. The van der Waals surface area contributed by atoms with Crippen molar-refractivity contribution in [2.24, 2.45) is 0 Å². The topological polar surface area (TPSA) is 124 Å². The normalized spacial score (nSPS) is 15.1. The van der Waals surface area contributed by atoms with Crippen molar-refractivity contribution in [1.29, 1.82) is 0 Å². The second kappa shape index (κ2) is 7.36. The number of carboxylic acids is 2. The zero-order valence-corrected chi connectivity index (χ0v) is 12.4. The van der Waals surface area contributed by atoms with Gasteiger partial charge in [0.2, 0.25) is 0 Å². The minimum absolute atomic E-state index is 0.212. The van der Waals surface area contributed by atoms with Crippen molar-refractivity contribution in [3.05, 3.63) is 35.4 Å². The monoisotopic (exact) mass is 315 g/mol. The zero-order chi connectivity index (χ0) is 16.0. The summed E-state index contributed by atoms with van der Waals surface area (Å²) < 4.78 is 12.1. The molecular formula is C13H18NO6P. The molecule has 0 fully saturated rings.